The van der Waals surface area contributed by atoms with Gasteiger partial charge >= 0.3 is 41.8 Å². The van der Waals surface area contributed by atoms with E-state index in [1.807, 2.05) is 0 Å². The van der Waals surface area contributed by atoms with Gasteiger partial charge in [0.25, 0.3) is 0 Å². The van der Waals surface area contributed by atoms with Crippen LogP contribution in [0.25, 0.3) is 0 Å². The lowest BCUT2D eigenvalue weighted by Gasteiger charge is -2.32. The van der Waals surface area contributed by atoms with E-state index in [0.29, 0.717) is 91.6 Å². The van der Waals surface area contributed by atoms with Gasteiger partial charge in [-0.05, 0) is 0 Å². The molecule has 7 N–H and O–H groups in total. The Morgan fingerprint density at radius 2 is 0.327 bits per heavy atom. The standard InChI is InChI=1S/C16H28N4O8.C12H21N3O6/c21-13(22)9-17-1-2-18(10-14(23)24)5-6-20(12-16(27)28)8-7-19(4-3-17)11-15(25)26;16-10(17)7-13-1-2-14(8-11(18)19)5-6-15(4-3-13)9-12(20)21/h1-12H2,(H,21,22)(H,23,24)(H,25,26)(H,27,28);1-9H2,(H,16,17)(H,18,19)(H,20,21). The number of aliphatic carboxylic acids is 7. The van der Waals surface area contributed by atoms with Crippen LogP contribution in [0.1, 0.15) is 0 Å². The Bertz CT molecular complexity index is 932. The monoisotopic (exact) mass is 707 g/mol. The average molecular weight is 708 g/mol. The van der Waals surface area contributed by atoms with E-state index in [4.69, 9.17) is 35.7 Å². The molecule has 0 unspecified atom stereocenters. The molecule has 2 aliphatic rings. The van der Waals surface area contributed by atoms with E-state index in [9.17, 15) is 33.6 Å². The molecule has 0 aromatic heterocycles. The Hall–Kier alpha value is -3.99. The van der Waals surface area contributed by atoms with Gasteiger partial charge in [-0.1, -0.05) is 0 Å². The highest BCUT2D eigenvalue weighted by molar-refractivity contribution is 5.71. The van der Waals surface area contributed by atoms with Crippen molar-refractivity contribution >= 4 is 41.8 Å². The third kappa shape index (κ3) is 22.3. The van der Waals surface area contributed by atoms with Crippen LogP contribution in [0.4, 0.5) is 0 Å². The first-order chi connectivity index (χ1) is 23.0. The van der Waals surface area contributed by atoms with Crippen molar-refractivity contribution < 1.29 is 69.3 Å². The zero-order chi connectivity index (χ0) is 36.9. The normalized spacial score (nSPS) is 19.4. The number of carboxylic acid groups (broad SMARTS) is 7. The van der Waals surface area contributed by atoms with Crippen LogP contribution in [-0.4, -0.2) is 249 Å². The van der Waals surface area contributed by atoms with Crippen molar-refractivity contribution in [2.45, 2.75) is 0 Å². The summed E-state index contributed by atoms with van der Waals surface area (Å²) in [5, 5.41) is 62.9. The number of rotatable bonds is 14. The second-order valence-corrected chi connectivity index (χ2v) is 11.7. The summed E-state index contributed by atoms with van der Waals surface area (Å²) in [6.07, 6.45) is 0. The quantitative estimate of drug-likeness (QED) is 0.0899. The summed E-state index contributed by atoms with van der Waals surface area (Å²) in [5.41, 5.74) is 0. The summed E-state index contributed by atoms with van der Waals surface area (Å²) < 4.78 is 0. The van der Waals surface area contributed by atoms with Gasteiger partial charge in [0.05, 0.1) is 45.8 Å². The minimum atomic E-state index is -1.02. The van der Waals surface area contributed by atoms with Crippen LogP contribution in [0.2, 0.25) is 0 Å². The number of hydrogen-bond donors (Lipinski definition) is 7. The van der Waals surface area contributed by atoms with Gasteiger partial charge < -0.3 is 35.7 Å². The maximum Gasteiger partial charge on any atom is 0.317 e. The molecule has 2 rings (SSSR count). The highest BCUT2D eigenvalue weighted by Crippen LogP contribution is 2.03. The maximum absolute atomic E-state index is 11.1. The van der Waals surface area contributed by atoms with Crippen LogP contribution in [0.5, 0.6) is 0 Å². The average Bonchev–Trinajstić information content (AvgIpc) is 3.04. The molecule has 2 saturated heterocycles. The number of hydrogen-bond acceptors (Lipinski definition) is 14. The molecule has 2 fully saturated rings. The maximum atomic E-state index is 11.1. The molecule has 0 aromatic rings. The number of nitrogens with zero attached hydrogens (tertiary/aromatic N) is 7. The first kappa shape index (κ1) is 43.0. The van der Waals surface area contributed by atoms with Gasteiger partial charge in [0.2, 0.25) is 0 Å². The van der Waals surface area contributed by atoms with Gasteiger partial charge in [0, 0.05) is 91.6 Å². The lowest BCUT2D eigenvalue weighted by Crippen LogP contribution is -2.49. The van der Waals surface area contributed by atoms with Gasteiger partial charge in [-0.2, -0.15) is 0 Å². The number of carboxylic acids is 7. The molecule has 21 heteroatoms. The molecule has 0 atom stereocenters. The molecule has 0 spiro atoms. The zero-order valence-electron chi connectivity index (χ0n) is 27.5. The zero-order valence-corrected chi connectivity index (χ0v) is 27.5. The van der Waals surface area contributed by atoms with Crippen LogP contribution < -0.4 is 0 Å². The van der Waals surface area contributed by atoms with E-state index in [0.717, 1.165) is 0 Å². The van der Waals surface area contributed by atoms with Gasteiger partial charge in [-0.25, -0.2) is 0 Å². The van der Waals surface area contributed by atoms with Crippen LogP contribution in [-0.2, 0) is 33.6 Å². The third-order valence-electron chi connectivity index (χ3n) is 7.64. The Morgan fingerprint density at radius 1 is 0.245 bits per heavy atom. The van der Waals surface area contributed by atoms with E-state index in [2.05, 4.69) is 0 Å². The minimum absolute atomic E-state index is 0.137. The highest BCUT2D eigenvalue weighted by atomic mass is 16.4. The summed E-state index contributed by atoms with van der Waals surface area (Å²) in [7, 11) is 0. The van der Waals surface area contributed by atoms with Crippen molar-refractivity contribution in [1.82, 2.24) is 34.3 Å². The molecule has 2 heterocycles. The van der Waals surface area contributed by atoms with Crippen molar-refractivity contribution in [2.75, 3.05) is 137 Å². The summed E-state index contributed by atoms with van der Waals surface area (Å²) >= 11 is 0. The van der Waals surface area contributed by atoms with Gasteiger partial charge in [-0.3, -0.25) is 67.9 Å². The smallest absolute Gasteiger partial charge is 0.317 e. The Labute approximate surface area is 283 Å². The Morgan fingerprint density at radius 3 is 0.388 bits per heavy atom. The molecular formula is C28H49N7O14. The molecule has 0 radical (unpaired) electrons. The first-order valence-electron chi connectivity index (χ1n) is 15.6. The molecule has 49 heavy (non-hydrogen) atoms. The molecule has 21 nitrogen and oxygen atoms in total. The fourth-order valence-corrected chi connectivity index (χ4v) is 5.21. The van der Waals surface area contributed by atoms with Crippen LogP contribution >= 0.6 is 0 Å². The number of carbonyl (C=O) groups is 7. The molecule has 0 aromatic carbocycles. The fraction of sp³-hybridized carbons (Fsp3) is 0.750. The second-order valence-electron chi connectivity index (χ2n) is 11.7. The van der Waals surface area contributed by atoms with E-state index in [1.165, 1.54) is 0 Å². The summed E-state index contributed by atoms with van der Waals surface area (Å²) in [5.74, 6) is -6.94. The first-order valence-corrected chi connectivity index (χ1v) is 15.6. The van der Waals surface area contributed by atoms with Crippen molar-refractivity contribution in [2.24, 2.45) is 0 Å². The molecule has 280 valence electrons. The predicted octanol–water partition coefficient (Wildman–Crippen LogP) is -4.29. The van der Waals surface area contributed by atoms with Crippen molar-refractivity contribution in [3.8, 4) is 0 Å². The van der Waals surface area contributed by atoms with Gasteiger partial charge in [-0.15, -0.1) is 0 Å². The molecule has 0 bridgehead atoms. The predicted molar refractivity (Wildman–Crippen MR) is 169 cm³/mol. The molecule has 0 amide bonds. The van der Waals surface area contributed by atoms with E-state index in [-0.39, 0.29) is 45.8 Å². The topological polar surface area (TPSA) is 284 Å². The van der Waals surface area contributed by atoms with Crippen LogP contribution in [0.3, 0.4) is 0 Å². The van der Waals surface area contributed by atoms with Gasteiger partial charge in [0.1, 0.15) is 0 Å². The lowest BCUT2D eigenvalue weighted by atomic mass is 10.3. The molecule has 0 aliphatic carbocycles. The largest absolute Gasteiger partial charge is 0.480 e. The summed E-state index contributed by atoms with van der Waals surface area (Å²) in [6, 6.07) is 0. The minimum Gasteiger partial charge on any atom is -0.480 e. The fourth-order valence-electron chi connectivity index (χ4n) is 5.21. The van der Waals surface area contributed by atoms with Crippen molar-refractivity contribution in [3.63, 3.8) is 0 Å². The van der Waals surface area contributed by atoms with E-state index in [1.54, 1.807) is 34.3 Å². The molecule has 0 saturated carbocycles. The molecular weight excluding hydrogens is 658 g/mol. The summed E-state index contributed by atoms with van der Waals surface area (Å²) in [6.45, 7) is 3.78. The SMILES string of the molecule is O=C(O)CN1CCN(CC(=O)O)CCN(CC(=O)O)CC1.O=C(O)CN1CCN(CC(=O)O)CCN(CC(=O)O)CCN(CC(=O)O)CC1. The Kier molecular flexibility index (Phi) is 20.5. The van der Waals surface area contributed by atoms with Crippen molar-refractivity contribution in [1.29, 1.82) is 0 Å². The van der Waals surface area contributed by atoms with E-state index >= 15 is 0 Å². The second kappa shape index (κ2) is 23.4. The van der Waals surface area contributed by atoms with Crippen molar-refractivity contribution in [3.05, 3.63) is 0 Å². The Balaban J connectivity index is 0.000000510. The molecule has 2 aliphatic heterocycles. The van der Waals surface area contributed by atoms with Gasteiger partial charge in [0.15, 0.2) is 0 Å². The highest BCUT2D eigenvalue weighted by Gasteiger charge is 2.22. The third-order valence-corrected chi connectivity index (χ3v) is 7.64. The van der Waals surface area contributed by atoms with Crippen LogP contribution in [0, 0.1) is 0 Å². The van der Waals surface area contributed by atoms with E-state index < -0.39 is 41.8 Å². The lowest BCUT2D eigenvalue weighted by molar-refractivity contribution is -0.141. The van der Waals surface area contributed by atoms with Crippen LogP contribution in [0.15, 0.2) is 0 Å². The summed E-state index contributed by atoms with van der Waals surface area (Å²) in [4.78, 5) is 88.4.